The largest absolute Gasteiger partial charge is 0.493 e. The van der Waals surface area contributed by atoms with E-state index in [0.717, 1.165) is 30.0 Å². The molecule has 142 valence electrons. The molecule has 4 fully saturated rings. The highest BCUT2D eigenvalue weighted by Crippen LogP contribution is 2.59. The summed E-state index contributed by atoms with van der Waals surface area (Å²) in [6.07, 6.45) is 9.89. The highest BCUT2D eigenvalue weighted by Gasteiger charge is 2.50. The van der Waals surface area contributed by atoms with E-state index in [-0.39, 0.29) is 5.91 Å². The van der Waals surface area contributed by atoms with Crippen LogP contribution in [0.5, 0.6) is 5.75 Å². The third kappa shape index (κ3) is 3.03. The lowest BCUT2D eigenvalue weighted by atomic mass is 9.49. The summed E-state index contributed by atoms with van der Waals surface area (Å²) >= 11 is 0. The number of nitrogens with one attached hydrogen (secondary N) is 1. The molecule has 0 unspecified atom stereocenters. The average molecular weight is 365 g/mol. The van der Waals surface area contributed by atoms with Crippen molar-refractivity contribution in [2.75, 3.05) is 13.7 Å². The Morgan fingerprint density at radius 3 is 2.37 bits per heavy atom. The van der Waals surface area contributed by atoms with E-state index in [9.17, 15) is 4.79 Å². The number of carbonyl (C=O) groups is 1. The highest BCUT2D eigenvalue weighted by molar-refractivity contribution is 5.95. The van der Waals surface area contributed by atoms with Crippen LogP contribution < -0.4 is 10.1 Å². The van der Waals surface area contributed by atoms with Gasteiger partial charge >= 0.3 is 0 Å². The van der Waals surface area contributed by atoms with E-state index in [1.807, 2.05) is 30.3 Å². The van der Waals surface area contributed by atoms with Gasteiger partial charge in [-0.1, -0.05) is 18.2 Å². The summed E-state index contributed by atoms with van der Waals surface area (Å²) in [4.78, 5) is 12.9. The predicted molar refractivity (Wildman–Crippen MR) is 103 cm³/mol. The predicted octanol–water partition coefficient (Wildman–Crippen LogP) is 3.83. The third-order valence-corrected chi connectivity index (χ3v) is 6.93. The molecule has 1 aromatic carbocycles. The van der Waals surface area contributed by atoms with Gasteiger partial charge in [0.1, 0.15) is 0 Å². The quantitative estimate of drug-likeness (QED) is 0.876. The molecule has 4 aliphatic carbocycles. The van der Waals surface area contributed by atoms with Crippen LogP contribution in [-0.4, -0.2) is 29.3 Å². The molecule has 1 aromatic heterocycles. The van der Waals surface area contributed by atoms with Crippen molar-refractivity contribution in [3.8, 4) is 11.4 Å². The first-order chi connectivity index (χ1) is 13.1. The van der Waals surface area contributed by atoms with E-state index < -0.39 is 0 Å². The van der Waals surface area contributed by atoms with Crippen LogP contribution in [0.15, 0.2) is 36.5 Å². The van der Waals surface area contributed by atoms with Crippen molar-refractivity contribution >= 4 is 5.91 Å². The molecule has 5 nitrogen and oxygen atoms in total. The second kappa shape index (κ2) is 6.39. The Balaban J connectivity index is 1.32. The first kappa shape index (κ1) is 16.8. The van der Waals surface area contributed by atoms with E-state index in [4.69, 9.17) is 4.74 Å². The molecular weight excluding hydrogens is 338 g/mol. The van der Waals surface area contributed by atoms with E-state index in [1.54, 1.807) is 18.0 Å². The maximum absolute atomic E-state index is 12.9. The van der Waals surface area contributed by atoms with E-state index in [1.165, 1.54) is 38.5 Å². The Labute approximate surface area is 160 Å². The Morgan fingerprint density at radius 1 is 1.15 bits per heavy atom. The zero-order chi connectivity index (χ0) is 18.4. The van der Waals surface area contributed by atoms with Crippen LogP contribution in [0.3, 0.4) is 0 Å². The molecule has 0 spiro atoms. The number of para-hydroxylation sites is 1. The van der Waals surface area contributed by atoms with Crippen LogP contribution in [0, 0.1) is 23.2 Å². The van der Waals surface area contributed by atoms with Gasteiger partial charge in [0.05, 0.1) is 19.0 Å². The van der Waals surface area contributed by atoms with Gasteiger partial charge in [-0.15, -0.1) is 0 Å². The molecule has 0 radical (unpaired) electrons. The van der Waals surface area contributed by atoms with Crippen LogP contribution in [-0.2, 0) is 0 Å². The van der Waals surface area contributed by atoms with Gasteiger partial charge in [0.2, 0.25) is 0 Å². The number of rotatable bonds is 5. The lowest BCUT2D eigenvalue weighted by Gasteiger charge is -2.56. The number of methoxy groups -OCH3 is 1. The molecule has 2 aromatic rings. The van der Waals surface area contributed by atoms with Gasteiger partial charge < -0.3 is 10.1 Å². The lowest BCUT2D eigenvalue weighted by molar-refractivity contribution is -0.0503. The van der Waals surface area contributed by atoms with Gasteiger partial charge in [0.25, 0.3) is 5.91 Å². The smallest absolute Gasteiger partial charge is 0.275 e. The Morgan fingerprint density at radius 2 is 1.78 bits per heavy atom. The molecule has 0 saturated heterocycles. The Hall–Kier alpha value is -2.30. The second-order valence-electron chi connectivity index (χ2n) is 8.93. The zero-order valence-electron chi connectivity index (χ0n) is 15.9. The molecule has 0 aliphatic heterocycles. The van der Waals surface area contributed by atoms with E-state index in [0.29, 0.717) is 16.9 Å². The minimum absolute atomic E-state index is 0.128. The van der Waals surface area contributed by atoms with E-state index in [2.05, 4.69) is 10.4 Å². The molecule has 4 aliphatic rings. The van der Waals surface area contributed by atoms with Crippen LogP contribution in [0.4, 0.5) is 0 Å². The van der Waals surface area contributed by atoms with Crippen LogP contribution in [0.1, 0.15) is 49.0 Å². The summed E-state index contributed by atoms with van der Waals surface area (Å²) in [6, 6.07) is 9.79. The summed E-state index contributed by atoms with van der Waals surface area (Å²) in [6.45, 7) is 0.774. The first-order valence-electron chi connectivity index (χ1n) is 10.1. The van der Waals surface area contributed by atoms with Crippen LogP contribution in [0.2, 0.25) is 0 Å². The summed E-state index contributed by atoms with van der Waals surface area (Å²) in [5.74, 6) is 3.05. The number of benzene rings is 1. The van der Waals surface area contributed by atoms with Crippen molar-refractivity contribution in [1.29, 1.82) is 0 Å². The first-order valence-corrected chi connectivity index (χ1v) is 10.1. The van der Waals surface area contributed by atoms with E-state index >= 15 is 0 Å². The van der Waals surface area contributed by atoms with Gasteiger partial charge in [-0.2, -0.15) is 5.10 Å². The fourth-order valence-corrected chi connectivity index (χ4v) is 6.24. The minimum Gasteiger partial charge on any atom is -0.493 e. The molecule has 4 bridgehead atoms. The maximum atomic E-state index is 12.9. The van der Waals surface area contributed by atoms with Crippen molar-refractivity contribution in [3.05, 3.63) is 42.2 Å². The molecule has 1 heterocycles. The maximum Gasteiger partial charge on any atom is 0.275 e. The highest BCUT2D eigenvalue weighted by atomic mass is 16.5. The Bertz CT molecular complexity index is 807. The van der Waals surface area contributed by atoms with Crippen molar-refractivity contribution < 1.29 is 9.53 Å². The number of amides is 1. The third-order valence-electron chi connectivity index (χ3n) is 6.93. The lowest BCUT2D eigenvalue weighted by Crippen LogP contribution is -2.51. The van der Waals surface area contributed by atoms with Gasteiger partial charge in [0.15, 0.2) is 11.4 Å². The normalized spacial score (nSPS) is 31.1. The molecule has 5 heteroatoms. The molecule has 6 rings (SSSR count). The zero-order valence-corrected chi connectivity index (χ0v) is 15.9. The average Bonchev–Trinajstić information content (AvgIpc) is 3.10. The van der Waals surface area contributed by atoms with Gasteiger partial charge in [-0.3, -0.25) is 4.79 Å². The van der Waals surface area contributed by atoms with Gasteiger partial charge in [0, 0.05) is 6.54 Å². The van der Waals surface area contributed by atoms with Crippen molar-refractivity contribution in [2.45, 2.75) is 38.5 Å². The minimum atomic E-state index is -0.128. The number of hydrogen-bond acceptors (Lipinski definition) is 3. The second-order valence-corrected chi connectivity index (χ2v) is 8.93. The Kier molecular flexibility index (Phi) is 3.99. The SMILES string of the molecule is COc1cn(-c2ccccc2)nc1C(=O)NCC12CC3CC(CC(C3)C1)C2. The summed E-state index contributed by atoms with van der Waals surface area (Å²) in [5.41, 5.74) is 1.60. The molecule has 27 heavy (non-hydrogen) atoms. The molecule has 1 N–H and O–H groups in total. The fraction of sp³-hybridized carbons (Fsp3) is 0.545. The van der Waals surface area contributed by atoms with Crippen LogP contribution in [0.25, 0.3) is 5.69 Å². The standard InChI is InChI=1S/C22H27N3O2/c1-27-19-13-25(18-5-3-2-4-6-18)24-20(19)21(26)23-14-22-10-15-7-16(11-22)9-17(8-15)12-22/h2-6,13,15-17H,7-12,14H2,1H3,(H,23,26). The molecule has 4 saturated carbocycles. The molecular formula is C22H27N3O2. The van der Waals surface area contributed by atoms with Crippen LogP contribution >= 0.6 is 0 Å². The molecule has 0 atom stereocenters. The number of carbonyl (C=O) groups excluding carboxylic acids is 1. The number of hydrogen-bond donors (Lipinski definition) is 1. The number of aromatic nitrogens is 2. The van der Waals surface area contributed by atoms with Gasteiger partial charge in [-0.25, -0.2) is 4.68 Å². The summed E-state index contributed by atoms with van der Waals surface area (Å²) < 4.78 is 7.13. The topological polar surface area (TPSA) is 56.2 Å². The number of ether oxygens (including phenoxy) is 1. The number of nitrogens with zero attached hydrogens (tertiary/aromatic N) is 2. The monoisotopic (exact) mass is 365 g/mol. The molecule has 1 amide bonds. The summed E-state index contributed by atoms with van der Waals surface area (Å²) in [5, 5.41) is 7.70. The fourth-order valence-electron chi connectivity index (χ4n) is 6.24. The van der Waals surface area contributed by atoms with Gasteiger partial charge in [-0.05, 0) is 73.8 Å². The summed E-state index contributed by atoms with van der Waals surface area (Å²) in [7, 11) is 1.59. The van der Waals surface area contributed by atoms with Crippen molar-refractivity contribution in [2.24, 2.45) is 23.2 Å². The van der Waals surface area contributed by atoms with Crippen molar-refractivity contribution in [3.63, 3.8) is 0 Å². The van der Waals surface area contributed by atoms with Crippen molar-refractivity contribution in [1.82, 2.24) is 15.1 Å².